The summed E-state index contributed by atoms with van der Waals surface area (Å²) in [6.07, 6.45) is 1.99. The van der Waals surface area contributed by atoms with Crippen LogP contribution in [0.25, 0.3) is 0 Å². The molecule has 186 valence electrons. The van der Waals surface area contributed by atoms with Gasteiger partial charge in [-0.05, 0) is 38.6 Å². The Bertz CT molecular complexity index is 1260. The number of nitrogen functional groups attached to an aromatic ring is 1. The normalized spacial score (nSPS) is 14.7. The number of nitrogens with zero attached hydrogens (tertiary/aromatic N) is 4. The van der Waals surface area contributed by atoms with Gasteiger partial charge in [0.15, 0.2) is 5.82 Å². The summed E-state index contributed by atoms with van der Waals surface area (Å²) in [6, 6.07) is 11.4. The van der Waals surface area contributed by atoms with Gasteiger partial charge < -0.3 is 30.2 Å². The van der Waals surface area contributed by atoms with E-state index >= 15 is 0 Å². The molecule has 2 heterocycles. The summed E-state index contributed by atoms with van der Waals surface area (Å²) in [5, 5.41) is 4.37. The van der Waals surface area contributed by atoms with Crippen molar-refractivity contribution in [3.63, 3.8) is 0 Å². The molecule has 1 aliphatic rings. The van der Waals surface area contributed by atoms with E-state index in [0.717, 1.165) is 48.5 Å². The SMILES string of the molecule is COc1cc(N2CCN(C)CC2)c(N)cc1Cc1ncc(Cl)c(Nc2ccccc2P(C)(C)=O)n1. The standard InChI is InChI=1S/C25H32ClN6O2P/c1-31-9-11-32(12-10-31)21-15-22(34-2)17(13-19(21)27)14-24-28-16-18(26)25(30-24)29-20-7-5-6-8-23(20)35(3,4)33/h5-8,13,15-16H,9-12,14,27H2,1-4H3,(H,28,29,30). The van der Waals surface area contributed by atoms with Crippen molar-refractivity contribution in [3.05, 3.63) is 59.0 Å². The highest BCUT2D eigenvalue weighted by Crippen LogP contribution is 2.39. The van der Waals surface area contributed by atoms with Crippen LogP contribution in [0.2, 0.25) is 5.02 Å². The van der Waals surface area contributed by atoms with Crippen LogP contribution < -0.4 is 26.0 Å². The lowest BCUT2D eigenvalue weighted by molar-refractivity contribution is 0.313. The highest BCUT2D eigenvalue weighted by atomic mass is 35.5. The van der Waals surface area contributed by atoms with Crippen LogP contribution in [-0.2, 0) is 11.0 Å². The Kier molecular flexibility index (Phi) is 7.55. The number of ether oxygens (including phenoxy) is 1. The third-order valence-electron chi connectivity index (χ3n) is 6.15. The number of likely N-dealkylation sites (N-methyl/N-ethyl adjacent to an activating group) is 1. The summed E-state index contributed by atoms with van der Waals surface area (Å²) < 4.78 is 18.5. The molecule has 2 aromatic carbocycles. The van der Waals surface area contributed by atoms with Crippen molar-refractivity contribution in [3.8, 4) is 5.75 Å². The van der Waals surface area contributed by atoms with E-state index in [2.05, 4.69) is 32.1 Å². The van der Waals surface area contributed by atoms with Crippen molar-refractivity contribution in [2.45, 2.75) is 6.42 Å². The van der Waals surface area contributed by atoms with Crippen molar-refractivity contribution in [2.75, 3.05) is 69.6 Å². The number of benzene rings is 2. The smallest absolute Gasteiger partial charge is 0.153 e. The Labute approximate surface area is 211 Å². The maximum absolute atomic E-state index is 12.7. The first kappa shape index (κ1) is 25.3. The molecule has 10 heteroatoms. The van der Waals surface area contributed by atoms with Crippen LogP contribution >= 0.6 is 18.7 Å². The Morgan fingerprint density at radius 3 is 2.57 bits per heavy atom. The molecule has 0 bridgehead atoms. The minimum absolute atomic E-state index is 0.377. The molecule has 0 atom stereocenters. The number of hydrogen-bond donors (Lipinski definition) is 2. The van der Waals surface area contributed by atoms with Crippen molar-refractivity contribution in [1.29, 1.82) is 0 Å². The zero-order chi connectivity index (χ0) is 25.2. The average Bonchev–Trinajstić information content (AvgIpc) is 2.82. The fourth-order valence-corrected chi connectivity index (χ4v) is 5.50. The number of aromatic nitrogens is 2. The predicted octanol–water partition coefficient (Wildman–Crippen LogP) is 4.06. The van der Waals surface area contributed by atoms with E-state index in [-0.39, 0.29) is 0 Å². The maximum atomic E-state index is 12.7. The predicted molar refractivity (Wildman–Crippen MR) is 146 cm³/mol. The summed E-state index contributed by atoms with van der Waals surface area (Å²) >= 11 is 6.41. The molecule has 8 nitrogen and oxygen atoms in total. The molecule has 0 aliphatic carbocycles. The maximum Gasteiger partial charge on any atom is 0.153 e. The van der Waals surface area contributed by atoms with Crippen molar-refractivity contribution >= 4 is 46.9 Å². The summed E-state index contributed by atoms with van der Waals surface area (Å²) in [6.45, 7) is 7.30. The lowest BCUT2D eigenvalue weighted by Gasteiger charge is -2.35. The number of piperazine rings is 1. The minimum atomic E-state index is -2.50. The van der Waals surface area contributed by atoms with Crippen LogP contribution in [0, 0.1) is 0 Å². The molecule has 1 fully saturated rings. The molecule has 3 aromatic rings. The molecule has 4 rings (SSSR count). The Morgan fingerprint density at radius 2 is 1.89 bits per heavy atom. The Hall–Kier alpha value is -2.80. The molecule has 1 aliphatic heterocycles. The van der Waals surface area contributed by atoms with Gasteiger partial charge in [-0.3, -0.25) is 0 Å². The largest absolute Gasteiger partial charge is 0.496 e. The quantitative estimate of drug-likeness (QED) is 0.360. The topological polar surface area (TPSA) is 96.6 Å². The van der Waals surface area contributed by atoms with E-state index in [1.165, 1.54) is 0 Å². The number of hydrogen-bond acceptors (Lipinski definition) is 8. The number of anilines is 4. The molecule has 0 radical (unpaired) electrons. The van der Waals surface area contributed by atoms with Gasteiger partial charge in [0.05, 0.1) is 30.4 Å². The van der Waals surface area contributed by atoms with E-state index in [1.807, 2.05) is 36.4 Å². The molecule has 3 N–H and O–H groups in total. The first-order valence-corrected chi connectivity index (χ1v) is 14.5. The lowest BCUT2D eigenvalue weighted by Crippen LogP contribution is -2.44. The molecular weight excluding hydrogens is 483 g/mol. The van der Waals surface area contributed by atoms with E-state index in [9.17, 15) is 4.57 Å². The molecule has 0 unspecified atom stereocenters. The molecule has 1 saturated heterocycles. The molecule has 0 saturated carbocycles. The zero-order valence-electron chi connectivity index (χ0n) is 20.6. The third kappa shape index (κ3) is 5.89. The molecule has 35 heavy (non-hydrogen) atoms. The fraction of sp³-hybridized carbons (Fsp3) is 0.360. The minimum Gasteiger partial charge on any atom is -0.496 e. The monoisotopic (exact) mass is 514 g/mol. The summed E-state index contributed by atoms with van der Waals surface area (Å²) in [5.41, 5.74) is 9.76. The van der Waals surface area contributed by atoms with Crippen LogP contribution in [0.3, 0.4) is 0 Å². The van der Waals surface area contributed by atoms with Crippen molar-refractivity contribution < 1.29 is 9.30 Å². The second-order valence-corrected chi connectivity index (χ2v) is 12.8. The van der Waals surface area contributed by atoms with Crippen molar-refractivity contribution in [2.24, 2.45) is 0 Å². The fourth-order valence-electron chi connectivity index (χ4n) is 4.21. The highest BCUT2D eigenvalue weighted by molar-refractivity contribution is 7.70. The van der Waals surface area contributed by atoms with Gasteiger partial charge in [0.1, 0.15) is 23.7 Å². The second-order valence-electron chi connectivity index (χ2n) is 9.17. The Balaban J connectivity index is 1.60. The van der Waals surface area contributed by atoms with E-state index in [1.54, 1.807) is 26.6 Å². The number of methoxy groups -OCH3 is 1. The molecular formula is C25H32ClN6O2P. The van der Waals surface area contributed by atoms with Crippen LogP contribution in [0.15, 0.2) is 42.6 Å². The van der Waals surface area contributed by atoms with Crippen LogP contribution in [0.1, 0.15) is 11.4 Å². The molecule has 1 aromatic heterocycles. The second kappa shape index (κ2) is 10.4. The van der Waals surface area contributed by atoms with Gasteiger partial charge in [0, 0.05) is 49.5 Å². The average molecular weight is 515 g/mol. The first-order valence-electron chi connectivity index (χ1n) is 11.5. The molecule has 0 spiro atoms. The third-order valence-corrected chi connectivity index (χ3v) is 7.98. The van der Waals surface area contributed by atoms with Crippen molar-refractivity contribution in [1.82, 2.24) is 14.9 Å². The van der Waals surface area contributed by atoms with Gasteiger partial charge in [-0.1, -0.05) is 23.7 Å². The van der Waals surface area contributed by atoms with Gasteiger partial charge in [0.2, 0.25) is 0 Å². The summed E-state index contributed by atoms with van der Waals surface area (Å²) in [4.78, 5) is 13.7. The number of rotatable bonds is 7. The van der Waals surface area contributed by atoms with Gasteiger partial charge in [0.25, 0.3) is 0 Å². The van der Waals surface area contributed by atoms with E-state index < -0.39 is 7.14 Å². The Morgan fingerprint density at radius 1 is 1.17 bits per heavy atom. The number of halogens is 1. The van der Waals surface area contributed by atoms with Crippen LogP contribution in [-0.4, -0.2) is 68.5 Å². The van der Waals surface area contributed by atoms with Gasteiger partial charge in [-0.25, -0.2) is 9.97 Å². The lowest BCUT2D eigenvalue weighted by atomic mass is 10.1. The zero-order valence-corrected chi connectivity index (χ0v) is 22.2. The van der Waals surface area contributed by atoms with Gasteiger partial charge in [-0.15, -0.1) is 0 Å². The first-order chi connectivity index (χ1) is 16.7. The summed E-state index contributed by atoms with van der Waals surface area (Å²) in [5.74, 6) is 1.76. The number of para-hydroxylation sites is 1. The number of nitrogens with two attached hydrogens (primary N) is 1. The molecule has 0 amide bonds. The van der Waals surface area contributed by atoms with E-state index in [0.29, 0.717) is 34.5 Å². The van der Waals surface area contributed by atoms with Gasteiger partial charge in [-0.2, -0.15) is 0 Å². The highest BCUT2D eigenvalue weighted by Gasteiger charge is 2.20. The number of nitrogens with one attached hydrogen (secondary N) is 1. The van der Waals surface area contributed by atoms with Gasteiger partial charge >= 0.3 is 0 Å². The van der Waals surface area contributed by atoms with E-state index in [4.69, 9.17) is 22.1 Å². The van der Waals surface area contributed by atoms with Crippen LogP contribution in [0.4, 0.5) is 22.9 Å². The van der Waals surface area contributed by atoms with Crippen LogP contribution in [0.5, 0.6) is 5.75 Å². The summed E-state index contributed by atoms with van der Waals surface area (Å²) in [7, 11) is 1.29.